The summed E-state index contributed by atoms with van der Waals surface area (Å²) >= 11 is 0. The quantitative estimate of drug-likeness (QED) is 0.214. The van der Waals surface area contributed by atoms with E-state index in [0.717, 1.165) is 25.9 Å². The Labute approximate surface area is 164 Å². The van der Waals surface area contributed by atoms with E-state index in [1.165, 1.54) is 6.08 Å². The van der Waals surface area contributed by atoms with Crippen LogP contribution in [-0.4, -0.2) is 55.6 Å². The zero-order valence-corrected chi connectivity index (χ0v) is 22.7. The predicted octanol–water partition coefficient (Wildman–Crippen LogP) is 8.00. The molecule has 0 N–H and O–H groups in total. The first kappa shape index (κ1) is 31.1. The molecule has 0 aliphatic carbocycles. The van der Waals surface area contributed by atoms with Crippen molar-refractivity contribution in [2.75, 3.05) is 39.0 Å². The molecule has 0 saturated heterocycles. The normalized spacial score (nSPS) is 13.9. The molecule has 0 spiro atoms. The molecule has 0 amide bonds. The zero-order chi connectivity index (χ0) is 21.9. The Morgan fingerprint density at radius 1 is 0.923 bits per heavy atom. The summed E-state index contributed by atoms with van der Waals surface area (Å²) in [4.78, 5) is 0. The second-order valence-corrected chi connectivity index (χ2v) is 27.0. The minimum atomic E-state index is -4.20. The third kappa shape index (κ3) is 44.1. The first-order chi connectivity index (χ1) is 11.1. The number of hydrogen-bond donors (Lipinski definition) is 0. The van der Waals surface area contributed by atoms with E-state index in [-0.39, 0.29) is 6.16 Å². The maximum Gasteiger partial charge on any atom is 0.170 e. The standard InChI is InChI=1S/C6H13F2P.C6H13OP.C6H18OSi2/c1-4-5-6-9(2,3,7)8;1-4-5-6-8(2,3)7;1-8(2,3)7-9(4,5)6/h4H,1,5-6H2,2-3H3;4H,1,5-6H2,2-3H3;1-6H3. The Hall–Kier alpha value is 0.394. The van der Waals surface area contributed by atoms with Crippen LogP contribution >= 0.6 is 14.4 Å². The molecular weight excluding hydrogens is 404 g/mol. The zero-order valence-electron chi connectivity index (χ0n) is 18.9. The van der Waals surface area contributed by atoms with Crippen LogP contribution in [0.3, 0.4) is 0 Å². The monoisotopic (exact) mass is 448 g/mol. The Kier molecular flexibility index (Phi) is 14.4. The second kappa shape index (κ2) is 12.1. The van der Waals surface area contributed by atoms with Crippen molar-refractivity contribution >= 4 is 31.0 Å². The summed E-state index contributed by atoms with van der Waals surface area (Å²) in [5, 5.41) is 0. The molecule has 0 atom stereocenters. The third-order valence-electron chi connectivity index (χ3n) is 2.43. The van der Waals surface area contributed by atoms with E-state index in [0.29, 0.717) is 6.42 Å². The van der Waals surface area contributed by atoms with Gasteiger partial charge in [-0.25, -0.2) is 0 Å². The molecular formula is C18H44F2O2P2Si2. The van der Waals surface area contributed by atoms with Crippen LogP contribution in [0.5, 0.6) is 0 Å². The van der Waals surface area contributed by atoms with Crippen molar-refractivity contribution in [1.82, 2.24) is 0 Å². The number of rotatable bonds is 8. The molecule has 0 saturated carbocycles. The van der Waals surface area contributed by atoms with Gasteiger partial charge >= 0.3 is 54.2 Å². The molecule has 0 aromatic rings. The van der Waals surface area contributed by atoms with Gasteiger partial charge in [0.2, 0.25) is 0 Å². The van der Waals surface area contributed by atoms with Gasteiger partial charge in [-0.3, -0.25) is 0 Å². The van der Waals surface area contributed by atoms with Gasteiger partial charge in [0.15, 0.2) is 16.6 Å². The van der Waals surface area contributed by atoms with Crippen molar-refractivity contribution in [3.05, 3.63) is 25.3 Å². The minimum absolute atomic E-state index is 0.00903. The molecule has 26 heavy (non-hydrogen) atoms. The molecule has 0 aromatic heterocycles. The van der Waals surface area contributed by atoms with Gasteiger partial charge < -0.3 is 8.68 Å². The van der Waals surface area contributed by atoms with E-state index in [9.17, 15) is 13.0 Å². The molecule has 0 unspecified atom stereocenters. The number of halogens is 2. The average molecular weight is 449 g/mol. The van der Waals surface area contributed by atoms with E-state index in [4.69, 9.17) is 4.12 Å². The van der Waals surface area contributed by atoms with Gasteiger partial charge in [0.1, 0.15) is 0 Å². The van der Waals surface area contributed by atoms with E-state index in [1.54, 1.807) is 19.4 Å². The molecule has 0 bridgehead atoms. The maximum atomic E-state index is 12.7. The molecule has 0 rings (SSSR count). The Morgan fingerprint density at radius 3 is 1.35 bits per heavy atom. The molecule has 0 aliphatic heterocycles. The number of allylic oxidation sites excluding steroid dienone is 2. The van der Waals surface area contributed by atoms with E-state index in [1.807, 2.05) is 0 Å². The SMILES string of the molecule is C=CCCP(C)(C)(F)F.C=CCCP(C)(C)=O.C[Si](C)(C)O[Si](C)(C)C. The minimum Gasteiger partial charge on any atom is -0.456 e. The molecule has 2 nitrogen and oxygen atoms in total. The topological polar surface area (TPSA) is 26.3 Å². The van der Waals surface area contributed by atoms with Crippen LogP contribution in [0.1, 0.15) is 12.8 Å². The first-order valence-corrected chi connectivity index (χ1v) is 21.7. The Morgan fingerprint density at radius 2 is 1.27 bits per heavy atom. The first-order valence-electron chi connectivity index (χ1n) is 8.98. The van der Waals surface area contributed by atoms with Crippen molar-refractivity contribution in [3.8, 4) is 0 Å². The maximum absolute atomic E-state index is 12.7. The van der Waals surface area contributed by atoms with Crippen molar-refractivity contribution in [3.63, 3.8) is 0 Å². The Balaban J connectivity index is -0.000000306. The van der Waals surface area contributed by atoms with Gasteiger partial charge in [0.25, 0.3) is 0 Å². The van der Waals surface area contributed by atoms with Gasteiger partial charge in [0.05, 0.1) is 7.14 Å². The second-order valence-electron chi connectivity index (χ2n) is 9.56. The van der Waals surface area contributed by atoms with Crippen LogP contribution in [0, 0.1) is 0 Å². The van der Waals surface area contributed by atoms with Gasteiger partial charge in [-0.1, -0.05) is 6.08 Å². The van der Waals surface area contributed by atoms with Gasteiger partial charge in [0, 0.05) is 6.16 Å². The summed E-state index contributed by atoms with van der Waals surface area (Å²) in [7, 11) is -8.41. The largest absolute Gasteiger partial charge is 0.456 e. The van der Waals surface area contributed by atoms with Gasteiger partial charge in [-0.15, -0.1) is 6.58 Å². The van der Waals surface area contributed by atoms with Crippen LogP contribution in [0.2, 0.25) is 39.3 Å². The van der Waals surface area contributed by atoms with E-state index < -0.39 is 31.0 Å². The van der Waals surface area contributed by atoms with E-state index in [2.05, 4.69) is 52.4 Å². The molecule has 0 heterocycles. The Bertz CT molecular complexity index is 435. The third-order valence-corrected chi connectivity index (χ3v) is 10.2. The van der Waals surface area contributed by atoms with Crippen LogP contribution in [0.15, 0.2) is 25.3 Å². The van der Waals surface area contributed by atoms with Crippen molar-refractivity contribution in [2.24, 2.45) is 0 Å². The summed E-state index contributed by atoms with van der Waals surface area (Å²) in [6.45, 7) is 26.1. The summed E-state index contributed by atoms with van der Waals surface area (Å²) in [6, 6.07) is 0. The molecule has 0 aliphatic rings. The average Bonchev–Trinajstić information content (AvgIpc) is 2.28. The predicted molar refractivity (Wildman–Crippen MR) is 128 cm³/mol. The molecule has 0 radical (unpaired) electrons. The fourth-order valence-corrected chi connectivity index (χ4v) is 10.8. The van der Waals surface area contributed by atoms with Crippen LogP contribution in [-0.2, 0) is 8.68 Å². The van der Waals surface area contributed by atoms with Crippen LogP contribution in [0.4, 0.5) is 8.39 Å². The summed E-state index contributed by atoms with van der Waals surface area (Å²) in [5.74, 6) is 0. The molecule has 160 valence electrons. The van der Waals surface area contributed by atoms with E-state index >= 15 is 0 Å². The van der Waals surface area contributed by atoms with Crippen molar-refractivity contribution in [2.45, 2.75) is 52.1 Å². The molecule has 0 aromatic carbocycles. The fourth-order valence-electron chi connectivity index (χ4n) is 1.77. The summed E-state index contributed by atoms with van der Waals surface area (Å²) < 4.78 is 42.2. The fraction of sp³-hybridized carbons (Fsp3) is 0.778. The molecule has 8 heteroatoms. The van der Waals surface area contributed by atoms with Gasteiger partial charge in [-0.2, -0.15) is 0 Å². The summed E-state index contributed by atoms with van der Waals surface area (Å²) in [5.41, 5.74) is 0. The van der Waals surface area contributed by atoms with Crippen molar-refractivity contribution in [1.29, 1.82) is 0 Å². The van der Waals surface area contributed by atoms with Gasteiger partial charge in [-0.05, 0) is 59.0 Å². The van der Waals surface area contributed by atoms with Crippen LogP contribution in [0.25, 0.3) is 0 Å². The molecule has 0 fully saturated rings. The van der Waals surface area contributed by atoms with Crippen molar-refractivity contribution < 1.29 is 17.1 Å². The number of hydrogen-bond acceptors (Lipinski definition) is 2. The smallest absolute Gasteiger partial charge is 0.170 e. The van der Waals surface area contributed by atoms with Crippen LogP contribution < -0.4 is 0 Å². The summed E-state index contributed by atoms with van der Waals surface area (Å²) in [6.07, 6.45) is 5.46.